The Hall–Kier alpha value is -3.60. The van der Waals surface area contributed by atoms with Gasteiger partial charge >= 0.3 is 5.69 Å². The minimum Gasteiger partial charge on any atom is -0.364 e. The van der Waals surface area contributed by atoms with Gasteiger partial charge in [-0.2, -0.15) is 10.4 Å². The number of para-hydroxylation sites is 1. The van der Waals surface area contributed by atoms with Crippen LogP contribution in [0.5, 0.6) is 0 Å². The van der Waals surface area contributed by atoms with Crippen molar-refractivity contribution in [3.05, 3.63) is 74.7 Å². The summed E-state index contributed by atoms with van der Waals surface area (Å²) in [7, 11) is 2.85. The molecule has 3 rings (SSSR count). The summed E-state index contributed by atoms with van der Waals surface area (Å²) in [6.45, 7) is 0.273. The zero-order valence-electron chi connectivity index (χ0n) is 13.8. The molecule has 1 N–H and O–H groups in total. The third-order valence-corrected chi connectivity index (χ3v) is 3.88. The van der Waals surface area contributed by atoms with Gasteiger partial charge < -0.3 is 5.32 Å². The Bertz CT molecular complexity index is 1070. The molecule has 25 heavy (non-hydrogen) atoms. The molecule has 0 spiro atoms. The first kappa shape index (κ1) is 16.3. The van der Waals surface area contributed by atoms with Crippen molar-refractivity contribution in [1.82, 2.24) is 18.9 Å². The van der Waals surface area contributed by atoms with Crippen LogP contribution in [-0.2, 0) is 20.6 Å². The molecule has 0 bridgehead atoms. The van der Waals surface area contributed by atoms with Gasteiger partial charge in [-0.05, 0) is 18.2 Å². The molecule has 2 aromatic heterocycles. The molecule has 1 aromatic carbocycles. The van der Waals surface area contributed by atoms with E-state index in [1.807, 2.05) is 48.7 Å². The number of hydrogen-bond donors (Lipinski definition) is 1. The molecule has 0 saturated heterocycles. The van der Waals surface area contributed by atoms with Crippen molar-refractivity contribution in [1.29, 1.82) is 5.26 Å². The second kappa shape index (κ2) is 6.49. The number of rotatable bonds is 4. The molecule has 8 heteroatoms. The molecule has 0 radical (unpaired) electrons. The number of anilines is 1. The molecule has 8 nitrogen and oxygen atoms in total. The van der Waals surface area contributed by atoms with Crippen LogP contribution in [0.4, 0.5) is 5.82 Å². The Morgan fingerprint density at radius 2 is 1.84 bits per heavy atom. The van der Waals surface area contributed by atoms with Crippen molar-refractivity contribution < 1.29 is 0 Å². The van der Waals surface area contributed by atoms with E-state index in [9.17, 15) is 14.9 Å². The second-order valence-electron chi connectivity index (χ2n) is 5.48. The average Bonchev–Trinajstić information content (AvgIpc) is 3.11. The zero-order chi connectivity index (χ0) is 18.0. The highest BCUT2D eigenvalue weighted by Gasteiger charge is 2.15. The molecule has 0 aliphatic heterocycles. The van der Waals surface area contributed by atoms with Gasteiger partial charge in [-0.15, -0.1) is 0 Å². The zero-order valence-corrected chi connectivity index (χ0v) is 13.8. The van der Waals surface area contributed by atoms with Gasteiger partial charge in [0.15, 0.2) is 5.56 Å². The maximum atomic E-state index is 12.1. The fourth-order valence-electron chi connectivity index (χ4n) is 2.51. The van der Waals surface area contributed by atoms with Gasteiger partial charge in [0.2, 0.25) is 0 Å². The van der Waals surface area contributed by atoms with Crippen molar-refractivity contribution in [3.8, 4) is 11.8 Å². The van der Waals surface area contributed by atoms with Crippen LogP contribution in [0.2, 0.25) is 0 Å². The van der Waals surface area contributed by atoms with Crippen molar-refractivity contribution in [2.45, 2.75) is 6.54 Å². The van der Waals surface area contributed by atoms with E-state index in [2.05, 4.69) is 10.4 Å². The summed E-state index contributed by atoms with van der Waals surface area (Å²) in [5, 5.41) is 16.7. The fraction of sp³-hybridized carbons (Fsp3) is 0.176. The number of benzene rings is 1. The summed E-state index contributed by atoms with van der Waals surface area (Å²) >= 11 is 0. The summed E-state index contributed by atoms with van der Waals surface area (Å²) in [6, 6.07) is 13.3. The number of nitrogens with zero attached hydrogens (tertiary/aromatic N) is 5. The highest BCUT2D eigenvalue weighted by atomic mass is 16.2. The van der Waals surface area contributed by atoms with Crippen LogP contribution in [0.1, 0.15) is 11.3 Å². The molecule has 0 atom stereocenters. The van der Waals surface area contributed by atoms with E-state index in [1.54, 1.807) is 4.68 Å². The van der Waals surface area contributed by atoms with E-state index in [4.69, 9.17) is 0 Å². The summed E-state index contributed by atoms with van der Waals surface area (Å²) < 4.78 is 3.88. The number of nitriles is 1. The monoisotopic (exact) mass is 336 g/mol. The second-order valence-corrected chi connectivity index (χ2v) is 5.48. The van der Waals surface area contributed by atoms with Crippen molar-refractivity contribution in [3.63, 3.8) is 0 Å². The Morgan fingerprint density at radius 1 is 1.12 bits per heavy atom. The van der Waals surface area contributed by atoms with E-state index >= 15 is 0 Å². The van der Waals surface area contributed by atoms with Gasteiger partial charge in [-0.3, -0.25) is 13.9 Å². The van der Waals surface area contributed by atoms with Crippen LogP contribution in [-0.4, -0.2) is 18.9 Å². The molecule has 3 aromatic rings. The maximum Gasteiger partial charge on any atom is 0.332 e. The standard InChI is InChI=1S/C17H16N6O2/c1-21-15(14(10-18)16(24)22(2)17(21)25)19-11-12-8-9-23(20-12)13-6-4-3-5-7-13/h3-9,19H,11H2,1-2H3. The van der Waals surface area contributed by atoms with Gasteiger partial charge in [0.25, 0.3) is 5.56 Å². The topological polar surface area (TPSA) is 97.6 Å². The van der Waals surface area contributed by atoms with Gasteiger partial charge in [0.05, 0.1) is 17.9 Å². The predicted molar refractivity (Wildman–Crippen MR) is 92.5 cm³/mol. The largest absolute Gasteiger partial charge is 0.364 e. The Balaban J connectivity index is 1.89. The highest BCUT2D eigenvalue weighted by molar-refractivity contribution is 5.51. The SMILES string of the molecule is Cn1c(NCc2ccn(-c3ccccc3)n2)c(C#N)c(=O)n(C)c1=O. The molecule has 0 saturated carbocycles. The smallest absolute Gasteiger partial charge is 0.332 e. The van der Waals surface area contributed by atoms with E-state index in [-0.39, 0.29) is 17.9 Å². The van der Waals surface area contributed by atoms with Crippen LogP contribution in [0.15, 0.2) is 52.2 Å². The number of nitrogens with one attached hydrogen (secondary N) is 1. The van der Waals surface area contributed by atoms with Crippen LogP contribution in [0, 0.1) is 11.3 Å². The summed E-state index contributed by atoms with van der Waals surface area (Å²) in [4.78, 5) is 24.1. The van der Waals surface area contributed by atoms with Gasteiger partial charge in [-0.25, -0.2) is 9.48 Å². The van der Waals surface area contributed by atoms with Crippen LogP contribution in [0.25, 0.3) is 5.69 Å². The van der Waals surface area contributed by atoms with E-state index in [0.29, 0.717) is 5.69 Å². The molecule has 0 amide bonds. The van der Waals surface area contributed by atoms with Gasteiger partial charge in [-0.1, -0.05) is 18.2 Å². The molecular formula is C17H16N6O2. The van der Waals surface area contributed by atoms with Gasteiger partial charge in [0.1, 0.15) is 11.9 Å². The van der Waals surface area contributed by atoms with Gasteiger partial charge in [0, 0.05) is 20.3 Å². The lowest BCUT2D eigenvalue weighted by Crippen LogP contribution is -2.39. The molecule has 2 heterocycles. The summed E-state index contributed by atoms with van der Waals surface area (Å²) in [5.74, 6) is 0.185. The molecule has 0 fully saturated rings. The molecule has 0 unspecified atom stereocenters. The number of aromatic nitrogens is 4. The third kappa shape index (κ3) is 2.95. The minimum absolute atomic E-state index is 0.105. The lowest BCUT2D eigenvalue weighted by molar-refractivity contribution is 0.684. The molecular weight excluding hydrogens is 320 g/mol. The van der Waals surface area contributed by atoms with E-state index in [0.717, 1.165) is 10.3 Å². The highest BCUT2D eigenvalue weighted by Crippen LogP contribution is 2.11. The Labute approximate surface area is 143 Å². The minimum atomic E-state index is -0.622. The van der Waals surface area contributed by atoms with Crippen molar-refractivity contribution in [2.75, 3.05) is 5.32 Å². The first-order chi connectivity index (χ1) is 12.0. The number of hydrogen-bond acceptors (Lipinski definition) is 5. The van der Waals surface area contributed by atoms with Crippen LogP contribution in [0.3, 0.4) is 0 Å². The third-order valence-electron chi connectivity index (χ3n) is 3.88. The van der Waals surface area contributed by atoms with Crippen molar-refractivity contribution in [2.24, 2.45) is 14.1 Å². The average molecular weight is 336 g/mol. The maximum absolute atomic E-state index is 12.1. The first-order valence-electron chi connectivity index (χ1n) is 7.57. The lowest BCUT2D eigenvalue weighted by Gasteiger charge is -2.12. The first-order valence-corrected chi connectivity index (χ1v) is 7.57. The Morgan fingerprint density at radius 3 is 2.52 bits per heavy atom. The molecule has 126 valence electrons. The van der Waals surface area contributed by atoms with Crippen LogP contribution >= 0.6 is 0 Å². The predicted octanol–water partition coefficient (Wildman–Crippen LogP) is 0.753. The molecule has 0 aliphatic rings. The van der Waals surface area contributed by atoms with E-state index < -0.39 is 11.2 Å². The van der Waals surface area contributed by atoms with Crippen LogP contribution < -0.4 is 16.6 Å². The quantitative estimate of drug-likeness (QED) is 0.758. The normalized spacial score (nSPS) is 10.4. The Kier molecular flexibility index (Phi) is 4.22. The molecule has 0 aliphatic carbocycles. The fourth-order valence-corrected chi connectivity index (χ4v) is 2.51. The lowest BCUT2D eigenvalue weighted by atomic mass is 10.3. The van der Waals surface area contributed by atoms with E-state index in [1.165, 1.54) is 18.7 Å². The van der Waals surface area contributed by atoms with Crippen molar-refractivity contribution >= 4 is 5.82 Å². The summed E-state index contributed by atoms with van der Waals surface area (Å²) in [6.07, 6.45) is 1.82. The summed E-state index contributed by atoms with van der Waals surface area (Å²) in [5.41, 5.74) is 0.407.